The lowest BCUT2D eigenvalue weighted by Crippen LogP contribution is -2.37. The summed E-state index contributed by atoms with van der Waals surface area (Å²) in [6.07, 6.45) is 1.52. The summed E-state index contributed by atoms with van der Waals surface area (Å²) in [7, 11) is 0. The van der Waals surface area contributed by atoms with Gasteiger partial charge in [0.2, 0.25) is 0 Å². The predicted molar refractivity (Wildman–Crippen MR) is 55.1 cm³/mol. The molecule has 0 bridgehead atoms. The van der Waals surface area contributed by atoms with Crippen LogP contribution >= 0.6 is 23.3 Å². The number of aliphatic hydroxyl groups is 1. The van der Waals surface area contributed by atoms with Gasteiger partial charge >= 0.3 is 0 Å². The van der Waals surface area contributed by atoms with E-state index in [0.717, 1.165) is 17.9 Å². The van der Waals surface area contributed by atoms with Gasteiger partial charge < -0.3 is 5.11 Å². The van der Waals surface area contributed by atoms with Crippen molar-refractivity contribution in [1.29, 1.82) is 0 Å². The number of hydrogen-bond acceptors (Lipinski definition) is 5. The smallest absolute Gasteiger partial charge is 0.0827 e. The molecule has 0 amide bonds. The summed E-state index contributed by atoms with van der Waals surface area (Å²) in [4.78, 5) is 0. The molecule has 0 aromatic carbocycles. The first kappa shape index (κ1) is 9.43. The Morgan fingerprint density at radius 1 is 1.77 bits per heavy atom. The first-order valence-electron chi connectivity index (χ1n) is 4.31. The normalized spacial score (nSPS) is 33.8. The second-order valence-corrected chi connectivity index (χ2v) is 5.50. The molecule has 0 aliphatic carbocycles. The molecule has 0 spiro atoms. The zero-order chi connectivity index (χ0) is 9.31. The van der Waals surface area contributed by atoms with Gasteiger partial charge in [-0.05, 0) is 23.7 Å². The second-order valence-electron chi connectivity index (χ2n) is 3.44. The minimum atomic E-state index is -0.555. The molecule has 1 saturated heterocycles. The van der Waals surface area contributed by atoms with Crippen molar-refractivity contribution in [3.05, 3.63) is 11.1 Å². The van der Waals surface area contributed by atoms with Crippen molar-refractivity contribution in [2.45, 2.75) is 30.6 Å². The molecule has 1 fully saturated rings. The molecule has 1 aromatic heterocycles. The lowest BCUT2D eigenvalue weighted by atomic mass is 9.92. The SMILES string of the molecule is CC1SCCC1(O)Cc1csnn1. The molecule has 0 radical (unpaired) electrons. The summed E-state index contributed by atoms with van der Waals surface area (Å²) in [5, 5.41) is 16.4. The Bertz CT molecular complexity index is 278. The minimum Gasteiger partial charge on any atom is -0.388 e. The van der Waals surface area contributed by atoms with Crippen LogP contribution in [-0.2, 0) is 6.42 Å². The van der Waals surface area contributed by atoms with Gasteiger partial charge in [0, 0.05) is 17.1 Å². The van der Waals surface area contributed by atoms with Gasteiger partial charge in [0.05, 0.1) is 11.3 Å². The molecule has 3 nitrogen and oxygen atoms in total. The fourth-order valence-electron chi connectivity index (χ4n) is 1.58. The Hall–Kier alpha value is -0.130. The molecular formula is C8H12N2OS2. The third-order valence-electron chi connectivity index (χ3n) is 2.55. The van der Waals surface area contributed by atoms with Crippen molar-refractivity contribution >= 4 is 23.3 Å². The van der Waals surface area contributed by atoms with Crippen LogP contribution in [0.15, 0.2) is 5.38 Å². The molecular weight excluding hydrogens is 204 g/mol. The van der Waals surface area contributed by atoms with E-state index in [0.29, 0.717) is 11.7 Å². The zero-order valence-corrected chi connectivity index (χ0v) is 9.07. The first-order chi connectivity index (χ1) is 6.21. The van der Waals surface area contributed by atoms with Crippen molar-refractivity contribution in [2.24, 2.45) is 0 Å². The highest BCUT2D eigenvalue weighted by Gasteiger charge is 2.39. The first-order valence-corrected chi connectivity index (χ1v) is 6.19. The van der Waals surface area contributed by atoms with E-state index in [9.17, 15) is 5.11 Å². The monoisotopic (exact) mass is 216 g/mol. The Balaban J connectivity index is 2.08. The maximum absolute atomic E-state index is 10.2. The topological polar surface area (TPSA) is 46.0 Å². The predicted octanol–water partition coefficient (Wildman–Crippen LogP) is 1.34. The van der Waals surface area contributed by atoms with Crippen molar-refractivity contribution < 1.29 is 5.11 Å². The van der Waals surface area contributed by atoms with E-state index in [1.165, 1.54) is 11.5 Å². The highest BCUT2D eigenvalue weighted by atomic mass is 32.2. The Morgan fingerprint density at radius 3 is 3.15 bits per heavy atom. The molecule has 13 heavy (non-hydrogen) atoms. The summed E-state index contributed by atoms with van der Waals surface area (Å²) in [5.74, 6) is 1.05. The largest absolute Gasteiger partial charge is 0.388 e. The Kier molecular flexibility index (Phi) is 2.58. The molecule has 2 atom stereocenters. The molecule has 2 heterocycles. The lowest BCUT2D eigenvalue weighted by Gasteiger charge is -2.25. The summed E-state index contributed by atoms with van der Waals surface area (Å²) in [5.41, 5.74) is 0.363. The van der Waals surface area contributed by atoms with Crippen LogP contribution in [0.25, 0.3) is 0 Å². The van der Waals surface area contributed by atoms with Crippen LogP contribution < -0.4 is 0 Å². The van der Waals surface area contributed by atoms with Gasteiger partial charge in [-0.1, -0.05) is 11.4 Å². The molecule has 72 valence electrons. The Morgan fingerprint density at radius 2 is 2.62 bits per heavy atom. The molecule has 0 saturated carbocycles. The van der Waals surface area contributed by atoms with Crippen molar-refractivity contribution in [2.75, 3.05) is 5.75 Å². The van der Waals surface area contributed by atoms with Crippen LogP contribution in [0.1, 0.15) is 19.0 Å². The van der Waals surface area contributed by atoms with Crippen LogP contribution in [0.5, 0.6) is 0 Å². The van der Waals surface area contributed by atoms with Gasteiger partial charge in [-0.2, -0.15) is 11.8 Å². The van der Waals surface area contributed by atoms with E-state index in [-0.39, 0.29) is 0 Å². The van der Waals surface area contributed by atoms with Crippen molar-refractivity contribution in [1.82, 2.24) is 9.59 Å². The van der Waals surface area contributed by atoms with Crippen molar-refractivity contribution in [3.63, 3.8) is 0 Å². The zero-order valence-electron chi connectivity index (χ0n) is 7.43. The maximum Gasteiger partial charge on any atom is 0.0827 e. The lowest BCUT2D eigenvalue weighted by molar-refractivity contribution is 0.0455. The van der Waals surface area contributed by atoms with Gasteiger partial charge in [0.25, 0.3) is 0 Å². The van der Waals surface area contributed by atoms with Gasteiger partial charge in [-0.3, -0.25) is 0 Å². The average Bonchev–Trinajstić information content (AvgIpc) is 2.65. The highest BCUT2D eigenvalue weighted by molar-refractivity contribution is 8.00. The second kappa shape index (κ2) is 3.55. The number of nitrogens with zero attached hydrogens (tertiary/aromatic N) is 2. The van der Waals surface area contributed by atoms with Gasteiger partial charge in [-0.15, -0.1) is 5.10 Å². The van der Waals surface area contributed by atoms with Gasteiger partial charge in [0.15, 0.2) is 0 Å². The third-order valence-corrected chi connectivity index (χ3v) is 4.48. The fourth-order valence-corrected chi connectivity index (χ4v) is 3.37. The van der Waals surface area contributed by atoms with Crippen LogP contribution in [-0.4, -0.2) is 31.3 Å². The van der Waals surface area contributed by atoms with E-state index in [2.05, 4.69) is 16.5 Å². The number of hydrogen-bond donors (Lipinski definition) is 1. The van der Waals surface area contributed by atoms with Crippen LogP contribution in [0, 0.1) is 0 Å². The summed E-state index contributed by atoms with van der Waals surface area (Å²) in [6.45, 7) is 2.08. The third kappa shape index (κ3) is 1.87. The number of aromatic nitrogens is 2. The maximum atomic E-state index is 10.2. The number of rotatable bonds is 2. The van der Waals surface area contributed by atoms with E-state index in [1.807, 2.05) is 17.1 Å². The number of thioether (sulfide) groups is 1. The molecule has 5 heteroatoms. The standard InChI is InChI=1S/C8H12N2OS2/c1-6-8(11,2-3-12-6)4-7-5-13-10-9-7/h5-6,11H,2-4H2,1H3. The van der Waals surface area contributed by atoms with E-state index >= 15 is 0 Å². The average molecular weight is 216 g/mol. The van der Waals surface area contributed by atoms with E-state index < -0.39 is 5.60 Å². The molecule has 1 aliphatic rings. The molecule has 2 rings (SSSR count). The minimum absolute atomic E-state index is 0.314. The molecule has 1 N–H and O–H groups in total. The molecule has 2 unspecified atom stereocenters. The van der Waals surface area contributed by atoms with Crippen molar-refractivity contribution in [3.8, 4) is 0 Å². The van der Waals surface area contributed by atoms with Crippen LogP contribution in [0.4, 0.5) is 0 Å². The Labute approximate surface area is 85.7 Å². The van der Waals surface area contributed by atoms with Gasteiger partial charge in [0.1, 0.15) is 0 Å². The molecule has 1 aliphatic heterocycles. The van der Waals surface area contributed by atoms with Crippen LogP contribution in [0.3, 0.4) is 0 Å². The fraction of sp³-hybridized carbons (Fsp3) is 0.750. The highest BCUT2D eigenvalue weighted by Crippen LogP contribution is 2.37. The summed E-state index contributed by atoms with van der Waals surface area (Å²) in [6, 6.07) is 0. The summed E-state index contributed by atoms with van der Waals surface area (Å²) >= 11 is 3.18. The summed E-state index contributed by atoms with van der Waals surface area (Å²) < 4.78 is 3.79. The quantitative estimate of drug-likeness (QED) is 0.810. The van der Waals surface area contributed by atoms with Crippen LogP contribution in [0.2, 0.25) is 0 Å². The van der Waals surface area contributed by atoms with E-state index in [4.69, 9.17) is 0 Å². The van der Waals surface area contributed by atoms with Gasteiger partial charge in [-0.25, -0.2) is 0 Å². The molecule has 1 aromatic rings. The van der Waals surface area contributed by atoms with E-state index in [1.54, 1.807) is 0 Å².